The molecule has 0 atom stereocenters. The third-order valence-corrected chi connectivity index (χ3v) is 4.63. The molecule has 0 radical (unpaired) electrons. The van der Waals surface area contributed by atoms with E-state index in [1.54, 1.807) is 17.5 Å². The van der Waals surface area contributed by atoms with Gasteiger partial charge in [0.2, 0.25) is 10.0 Å². The van der Waals surface area contributed by atoms with Crippen molar-refractivity contribution in [2.75, 3.05) is 6.54 Å². The van der Waals surface area contributed by atoms with Crippen LogP contribution in [0.3, 0.4) is 0 Å². The highest BCUT2D eigenvalue weighted by Gasteiger charge is 2.13. The number of nitrogens with zero attached hydrogens (tertiary/aromatic N) is 1. The van der Waals surface area contributed by atoms with E-state index in [4.69, 9.17) is 5.26 Å². The van der Waals surface area contributed by atoms with Crippen LogP contribution in [-0.4, -0.2) is 15.0 Å². The lowest BCUT2D eigenvalue weighted by Crippen LogP contribution is -2.23. The first-order chi connectivity index (χ1) is 7.17. The fourth-order valence-corrected chi connectivity index (χ4v) is 3.13. The van der Waals surface area contributed by atoms with Crippen molar-refractivity contribution in [2.24, 2.45) is 0 Å². The minimum Gasteiger partial charge on any atom is -0.210 e. The zero-order valence-corrected chi connectivity index (χ0v) is 9.77. The molecule has 4 nitrogen and oxygen atoms in total. The molecule has 15 heavy (non-hydrogen) atoms. The largest absolute Gasteiger partial charge is 0.250 e. The summed E-state index contributed by atoms with van der Waals surface area (Å²) in [7, 11) is -3.32. The lowest BCUT2D eigenvalue weighted by molar-refractivity contribution is 0.579. The fraction of sp³-hybridized carbons (Fsp3) is 0.444. The second kappa shape index (κ2) is 5.85. The summed E-state index contributed by atoms with van der Waals surface area (Å²) < 4.78 is 25.9. The number of nitriles is 1. The van der Waals surface area contributed by atoms with Gasteiger partial charge in [-0.3, -0.25) is 0 Å². The van der Waals surface area contributed by atoms with Gasteiger partial charge in [-0.1, -0.05) is 6.07 Å². The molecule has 1 rings (SSSR count). The van der Waals surface area contributed by atoms with Crippen molar-refractivity contribution in [1.82, 2.24) is 4.72 Å². The normalized spacial score (nSPS) is 11.1. The Bertz CT molecular complexity index is 417. The van der Waals surface area contributed by atoms with Gasteiger partial charge in [0.1, 0.15) is 4.21 Å². The molecule has 0 aliphatic carbocycles. The molecule has 0 aliphatic heterocycles. The van der Waals surface area contributed by atoms with Gasteiger partial charge in [-0.2, -0.15) is 5.26 Å². The number of rotatable bonds is 6. The second-order valence-electron chi connectivity index (χ2n) is 2.95. The SMILES string of the molecule is N#CCCCCNS(=O)(=O)c1cccs1. The minimum atomic E-state index is -3.32. The molecule has 0 saturated carbocycles. The Labute approximate surface area is 93.6 Å². The predicted molar refractivity (Wildman–Crippen MR) is 59.0 cm³/mol. The van der Waals surface area contributed by atoms with E-state index in [9.17, 15) is 8.42 Å². The Balaban J connectivity index is 2.36. The van der Waals surface area contributed by atoms with Crippen molar-refractivity contribution in [3.8, 4) is 6.07 Å². The summed E-state index contributed by atoms with van der Waals surface area (Å²) in [5.74, 6) is 0. The van der Waals surface area contributed by atoms with E-state index in [0.29, 0.717) is 23.6 Å². The van der Waals surface area contributed by atoms with Crippen molar-refractivity contribution in [2.45, 2.75) is 23.5 Å². The zero-order chi connectivity index (χ0) is 11.1. The van der Waals surface area contributed by atoms with Gasteiger partial charge in [-0.25, -0.2) is 13.1 Å². The van der Waals surface area contributed by atoms with Crippen LogP contribution in [0.2, 0.25) is 0 Å². The Kier molecular flexibility index (Phi) is 4.75. The third-order valence-electron chi connectivity index (χ3n) is 1.77. The van der Waals surface area contributed by atoms with E-state index in [1.165, 1.54) is 11.3 Å². The molecule has 6 heteroatoms. The van der Waals surface area contributed by atoms with Crippen molar-refractivity contribution in [3.05, 3.63) is 17.5 Å². The van der Waals surface area contributed by atoms with Crippen molar-refractivity contribution >= 4 is 21.4 Å². The highest BCUT2D eigenvalue weighted by Crippen LogP contribution is 2.15. The number of nitrogens with one attached hydrogen (secondary N) is 1. The molecule has 1 heterocycles. The maximum Gasteiger partial charge on any atom is 0.250 e. The van der Waals surface area contributed by atoms with Gasteiger partial charge < -0.3 is 0 Å². The van der Waals surface area contributed by atoms with E-state index < -0.39 is 10.0 Å². The monoisotopic (exact) mass is 244 g/mol. The highest BCUT2D eigenvalue weighted by molar-refractivity contribution is 7.91. The van der Waals surface area contributed by atoms with Gasteiger partial charge in [0.05, 0.1) is 6.07 Å². The Hall–Kier alpha value is -0.900. The van der Waals surface area contributed by atoms with Gasteiger partial charge in [-0.05, 0) is 24.3 Å². The van der Waals surface area contributed by atoms with Crippen LogP contribution in [0.1, 0.15) is 19.3 Å². The van der Waals surface area contributed by atoms with Crippen molar-refractivity contribution in [1.29, 1.82) is 5.26 Å². The molecule has 0 saturated heterocycles. The number of hydrogen-bond donors (Lipinski definition) is 1. The van der Waals surface area contributed by atoms with Crippen LogP contribution in [0.25, 0.3) is 0 Å². The maximum absolute atomic E-state index is 11.6. The predicted octanol–water partition coefficient (Wildman–Crippen LogP) is 1.72. The molecule has 0 bridgehead atoms. The molecule has 0 unspecified atom stereocenters. The molecule has 0 aromatic carbocycles. The van der Waals surface area contributed by atoms with Gasteiger partial charge in [0, 0.05) is 13.0 Å². The highest BCUT2D eigenvalue weighted by atomic mass is 32.2. The van der Waals surface area contributed by atoms with E-state index in [1.807, 2.05) is 6.07 Å². The van der Waals surface area contributed by atoms with E-state index in [2.05, 4.69) is 4.72 Å². The second-order valence-corrected chi connectivity index (χ2v) is 5.89. The van der Waals surface area contributed by atoms with Gasteiger partial charge in [0.25, 0.3) is 0 Å². The molecule has 0 amide bonds. The van der Waals surface area contributed by atoms with Gasteiger partial charge in [-0.15, -0.1) is 11.3 Å². The average molecular weight is 244 g/mol. The summed E-state index contributed by atoms with van der Waals surface area (Å²) in [6.45, 7) is 0.391. The first-order valence-electron chi connectivity index (χ1n) is 4.57. The Morgan fingerprint density at radius 3 is 2.87 bits per heavy atom. The zero-order valence-electron chi connectivity index (χ0n) is 8.14. The van der Waals surface area contributed by atoms with Crippen LogP contribution in [-0.2, 0) is 10.0 Å². The summed E-state index contributed by atoms with van der Waals surface area (Å²) in [4.78, 5) is 0. The van der Waals surface area contributed by atoms with Crippen LogP contribution in [0.5, 0.6) is 0 Å². The summed E-state index contributed by atoms with van der Waals surface area (Å²) in [6.07, 6.45) is 1.89. The van der Waals surface area contributed by atoms with E-state index in [0.717, 1.165) is 6.42 Å². The van der Waals surface area contributed by atoms with Crippen LogP contribution in [0.4, 0.5) is 0 Å². The maximum atomic E-state index is 11.6. The number of sulfonamides is 1. The first-order valence-corrected chi connectivity index (χ1v) is 6.93. The quantitative estimate of drug-likeness (QED) is 0.775. The first kappa shape index (κ1) is 12.2. The minimum absolute atomic E-state index is 0.336. The Morgan fingerprint density at radius 1 is 1.47 bits per heavy atom. The average Bonchev–Trinajstić information content (AvgIpc) is 2.70. The summed E-state index contributed by atoms with van der Waals surface area (Å²) in [6, 6.07) is 5.29. The molecular formula is C9H12N2O2S2. The molecule has 1 N–H and O–H groups in total. The van der Waals surface area contributed by atoms with Crippen molar-refractivity contribution < 1.29 is 8.42 Å². The Morgan fingerprint density at radius 2 is 2.27 bits per heavy atom. The van der Waals surface area contributed by atoms with Crippen LogP contribution < -0.4 is 4.72 Å². The number of thiophene rings is 1. The van der Waals surface area contributed by atoms with Crippen LogP contribution >= 0.6 is 11.3 Å². The number of hydrogen-bond acceptors (Lipinski definition) is 4. The van der Waals surface area contributed by atoms with E-state index >= 15 is 0 Å². The lowest BCUT2D eigenvalue weighted by Gasteiger charge is -2.02. The molecule has 0 aliphatic rings. The van der Waals surface area contributed by atoms with Crippen LogP contribution in [0, 0.1) is 11.3 Å². The molecule has 0 fully saturated rings. The summed E-state index contributed by atoms with van der Waals surface area (Å²) >= 11 is 1.20. The van der Waals surface area contributed by atoms with E-state index in [-0.39, 0.29) is 0 Å². The molecule has 0 spiro atoms. The summed E-state index contributed by atoms with van der Waals surface area (Å²) in [5.41, 5.74) is 0. The topological polar surface area (TPSA) is 70.0 Å². The summed E-state index contributed by atoms with van der Waals surface area (Å²) in [5, 5.41) is 10.0. The lowest BCUT2D eigenvalue weighted by atomic mass is 10.2. The standard InChI is InChI=1S/C9H12N2O2S2/c10-6-2-1-3-7-11-15(12,13)9-5-4-8-14-9/h4-5,8,11H,1-3,7H2. The van der Waals surface area contributed by atoms with Crippen LogP contribution in [0.15, 0.2) is 21.7 Å². The van der Waals surface area contributed by atoms with Crippen molar-refractivity contribution in [3.63, 3.8) is 0 Å². The molecule has 1 aromatic heterocycles. The van der Waals surface area contributed by atoms with Gasteiger partial charge in [0.15, 0.2) is 0 Å². The fourth-order valence-electron chi connectivity index (χ4n) is 1.02. The smallest absolute Gasteiger partial charge is 0.210 e. The molecule has 1 aromatic rings. The van der Waals surface area contributed by atoms with Gasteiger partial charge >= 0.3 is 0 Å². The molecular weight excluding hydrogens is 232 g/mol. The number of unbranched alkanes of at least 4 members (excludes halogenated alkanes) is 2. The molecule has 82 valence electrons. The third kappa shape index (κ3) is 4.00.